The van der Waals surface area contributed by atoms with E-state index in [2.05, 4.69) is 49.2 Å². The largest absolute Gasteiger partial charge is 0.423 e. The van der Waals surface area contributed by atoms with Crippen LogP contribution in [0, 0.1) is 6.92 Å². The molecule has 0 aliphatic heterocycles. The van der Waals surface area contributed by atoms with E-state index in [0.717, 1.165) is 35.9 Å². The van der Waals surface area contributed by atoms with Crippen LogP contribution in [0.1, 0.15) is 78.1 Å². The zero-order valence-corrected chi connectivity index (χ0v) is 19.7. The zero-order valence-electron chi connectivity index (χ0n) is 19.7. The Bertz CT molecular complexity index is 1230. The molecule has 0 atom stereocenters. The van der Waals surface area contributed by atoms with E-state index in [1.54, 1.807) is 6.07 Å². The van der Waals surface area contributed by atoms with E-state index in [-0.39, 0.29) is 11.5 Å². The second-order valence-corrected chi connectivity index (χ2v) is 10.0. The number of hydrogen-bond donors (Lipinski definition) is 1. The van der Waals surface area contributed by atoms with Crippen LogP contribution in [0.25, 0.3) is 11.0 Å². The van der Waals surface area contributed by atoms with E-state index >= 15 is 0 Å². The summed E-state index contributed by atoms with van der Waals surface area (Å²) in [5, 5.41) is 4.07. The Morgan fingerprint density at radius 2 is 1.79 bits per heavy atom. The molecule has 172 valence electrons. The summed E-state index contributed by atoms with van der Waals surface area (Å²) in [6.07, 6.45) is 4.53. The number of hydrogen-bond acceptors (Lipinski definition) is 4. The smallest absolute Gasteiger partial charge is 0.336 e. The van der Waals surface area contributed by atoms with Gasteiger partial charge in [-0.05, 0) is 85.0 Å². The SMILES string of the molecule is Cc1cc2oc(=O)cc(CN(Cc3ccc(C(=O)NC4CC4)cc3)C3CC3)c2cc1C(C)C. The van der Waals surface area contributed by atoms with Crippen molar-refractivity contribution in [2.24, 2.45) is 0 Å². The van der Waals surface area contributed by atoms with Crippen LogP contribution in [-0.2, 0) is 13.1 Å². The van der Waals surface area contributed by atoms with Crippen molar-refractivity contribution in [3.05, 3.63) is 80.7 Å². The van der Waals surface area contributed by atoms with Gasteiger partial charge in [0.05, 0.1) is 0 Å². The lowest BCUT2D eigenvalue weighted by atomic mass is 9.94. The number of benzene rings is 2. The summed E-state index contributed by atoms with van der Waals surface area (Å²) in [6, 6.07) is 14.7. The molecule has 2 aliphatic rings. The van der Waals surface area contributed by atoms with E-state index in [1.165, 1.54) is 24.0 Å². The fraction of sp³-hybridized carbons (Fsp3) is 0.429. The van der Waals surface area contributed by atoms with Gasteiger partial charge in [-0.2, -0.15) is 0 Å². The minimum Gasteiger partial charge on any atom is -0.423 e. The van der Waals surface area contributed by atoms with Gasteiger partial charge in [-0.25, -0.2) is 4.79 Å². The van der Waals surface area contributed by atoms with E-state index in [1.807, 2.05) is 18.2 Å². The Labute approximate surface area is 194 Å². The van der Waals surface area contributed by atoms with Crippen molar-refractivity contribution in [2.45, 2.75) is 77.5 Å². The van der Waals surface area contributed by atoms with Crippen LogP contribution in [0.4, 0.5) is 0 Å². The fourth-order valence-electron chi connectivity index (χ4n) is 4.61. The molecule has 0 saturated heterocycles. The van der Waals surface area contributed by atoms with Gasteiger partial charge in [-0.15, -0.1) is 0 Å². The molecular weight excluding hydrogens is 412 g/mol. The van der Waals surface area contributed by atoms with Crippen LogP contribution in [-0.4, -0.2) is 22.9 Å². The first kappa shape index (κ1) is 21.9. The minimum absolute atomic E-state index is 0.0156. The standard InChI is InChI=1S/C28H32N2O3/c1-17(2)24-14-25-21(13-27(31)33-26(25)12-18(24)3)16-30(23-10-11-23)15-19-4-6-20(7-5-19)28(32)29-22-8-9-22/h4-7,12-14,17,22-23H,8-11,15-16H2,1-3H3,(H,29,32). The maximum atomic E-state index is 12.3. The highest BCUT2D eigenvalue weighted by molar-refractivity contribution is 5.94. The molecule has 2 aromatic carbocycles. The Balaban J connectivity index is 1.39. The lowest BCUT2D eigenvalue weighted by molar-refractivity contribution is 0.0951. The molecular formula is C28H32N2O3. The van der Waals surface area contributed by atoms with Crippen LogP contribution >= 0.6 is 0 Å². The van der Waals surface area contributed by atoms with Gasteiger partial charge in [0, 0.05) is 42.2 Å². The summed E-state index contributed by atoms with van der Waals surface area (Å²) in [6.45, 7) is 7.96. The quantitative estimate of drug-likeness (QED) is 0.480. The summed E-state index contributed by atoms with van der Waals surface area (Å²) in [4.78, 5) is 27.0. The van der Waals surface area contributed by atoms with Crippen LogP contribution in [0.5, 0.6) is 0 Å². The molecule has 1 aromatic heterocycles. The summed E-state index contributed by atoms with van der Waals surface area (Å²) in [5.41, 5.74) is 5.73. The van der Waals surface area contributed by atoms with E-state index in [9.17, 15) is 9.59 Å². The highest BCUT2D eigenvalue weighted by Crippen LogP contribution is 2.32. The van der Waals surface area contributed by atoms with Crippen molar-refractivity contribution in [3.8, 4) is 0 Å². The summed E-state index contributed by atoms with van der Waals surface area (Å²) >= 11 is 0. The average molecular weight is 445 g/mol. The third-order valence-electron chi connectivity index (χ3n) is 6.79. The van der Waals surface area contributed by atoms with Gasteiger partial charge in [0.15, 0.2) is 0 Å². The molecule has 2 fully saturated rings. The number of rotatable bonds is 8. The first-order chi connectivity index (χ1) is 15.9. The molecule has 1 N–H and O–H groups in total. The highest BCUT2D eigenvalue weighted by Gasteiger charge is 2.30. The second kappa shape index (κ2) is 8.79. The molecule has 1 amide bonds. The Kier molecular flexibility index (Phi) is 5.83. The monoisotopic (exact) mass is 444 g/mol. The van der Waals surface area contributed by atoms with Gasteiger partial charge in [-0.3, -0.25) is 9.69 Å². The van der Waals surface area contributed by atoms with Crippen molar-refractivity contribution in [2.75, 3.05) is 0 Å². The predicted octanol–water partition coefficient (Wildman–Crippen LogP) is 5.28. The van der Waals surface area contributed by atoms with Gasteiger partial charge >= 0.3 is 5.63 Å². The third kappa shape index (κ3) is 5.03. The van der Waals surface area contributed by atoms with E-state index in [4.69, 9.17) is 4.42 Å². The van der Waals surface area contributed by atoms with Crippen molar-refractivity contribution in [1.82, 2.24) is 10.2 Å². The molecule has 2 aliphatic carbocycles. The first-order valence-electron chi connectivity index (χ1n) is 12.1. The van der Waals surface area contributed by atoms with Gasteiger partial charge in [0.1, 0.15) is 5.58 Å². The number of carbonyl (C=O) groups excluding carboxylic acids is 1. The predicted molar refractivity (Wildman–Crippen MR) is 131 cm³/mol. The molecule has 0 spiro atoms. The first-order valence-corrected chi connectivity index (χ1v) is 12.1. The molecule has 5 nitrogen and oxygen atoms in total. The third-order valence-corrected chi connectivity index (χ3v) is 6.79. The van der Waals surface area contributed by atoms with Crippen molar-refractivity contribution < 1.29 is 9.21 Å². The van der Waals surface area contributed by atoms with Crippen LogP contribution < -0.4 is 10.9 Å². The second-order valence-electron chi connectivity index (χ2n) is 10.0. The number of amides is 1. The van der Waals surface area contributed by atoms with Crippen LogP contribution in [0.3, 0.4) is 0 Å². The number of nitrogens with zero attached hydrogens (tertiary/aromatic N) is 1. The van der Waals surface area contributed by atoms with Gasteiger partial charge in [0.25, 0.3) is 5.91 Å². The average Bonchev–Trinajstić information content (AvgIpc) is 3.67. The number of aryl methyl sites for hydroxylation is 1. The Hall–Kier alpha value is -2.92. The van der Waals surface area contributed by atoms with Crippen molar-refractivity contribution in [3.63, 3.8) is 0 Å². The van der Waals surface area contributed by atoms with Crippen molar-refractivity contribution >= 4 is 16.9 Å². The summed E-state index contributed by atoms with van der Waals surface area (Å²) in [7, 11) is 0. The highest BCUT2D eigenvalue weighted by atomic mass is 16.4. The Morgan fingerprint density at radius 1 is 1.06 bits per heavy atom. The number of carbonyl (C=O) groups is 1. The van der Waals surface area contributed by atoms with Crippen LogP contribution in [0.2, 0.25) is 0 Å². The van der Waals surface area contributed by atoms with Crippen LogP contribution in [0.15, 0.2) is 51.7 Å². The lowest BCUT2D eigenvalue weighted by Crippen LogP contribution is -2.26. The molecule has 0 radical (unpaired) electrons. The number of nitrogens with one attached hydrogen (secondary N) is 1. The molecule has 33 heavy (non-hydrogen) atoms. The Morgan fingerprint density at radius 3 is 2.42 bits per heavy atom. The van der Waals surface area contributed by atoms with Gasteiger partial charge < -0.3 is 9.73 Å². The van der Waals surface area contributed by atoms with Gasteiger partial charge in [0.2, 0.25) is 0 Å². The molecule has 2 saturated carbocycles. The zero-order chi connectivity index (χ0) is 23.1. The van der Waals surface area contributed by atoms with Crippen molar-refractivity contribution in [1.29, 1.82) is 0 Å². The molecule has 0 bridgehead atoms. The maximum Gasteiger partial charge on any atom is 0.336 e. The molecule has 3 aromatic rings. The molecule has 0 unspecified atom stereocenters. The normalized spacial score (nSPS) is 16.0. The molecule has 1 heterocycles. The lowest BCUT2D eigenvalue weighted by Gasteiger charge is -2.23. The van der Waals surface area contributed by atoms with E-state index < -0.39 is 0 Å². The van der Waals surface area contributed by atoms with Gasteiger partial charge in [-0.1, -0.05) is 26.0 Å². The molecule has 5 heteroatoms. The molecule has 5 rings (SSSR count). The fourth-order valence-corrected chi connectivity index (χ4v) is 4.61. The maximum absolute atomic E-state index is 12.3. The minimum atomic E-state index is -0.295. The topological polar surface area (TPSA) is 62.6 Å². The van der Waals surface area contributed by atoms with E-state index in [0.29, 0.717) is 35.7 Å². The summed E-state index contributed by atoms with van der Waals surface area (Å²) in [5.74, 6) is 0.422. The summed E-state index contributed by atoms with van der Waals surface area (Å²) < 4.78 is 5.55. The number of fused-ring (bicyclic) bond motifs is 1.